The first kappa shape index (κ1) is 20.6. The van der Waals surface area contributed by atoms with Crippen LogP contribution in [0.5, 0.6) is 0 Å². The van der Waals surface area contributed by atoms with E-state index in [-0.39, 0.29) is 11.8 Å². The van der Waals surface area contributed by atoms with Crippen LogP contribution in [0, 0.1) is 0 Å². The van der Waals surface area contributed by atoms with Gasteiger partial charge in [0.05, 0.1) is 6.26 Å². The number of benzene rings is 2. The van der Waals surface area contributed by atoms with Crippen molar-refractivity contribution < 1.29 is 18.0 Å². The molecule has 0 heterocycles. The second-order valence-corrected chi connectivity index (χ2v) is 7.84. The van der Waals surface area contributed by atoms with E-state index in [1.54, 1.807) is 48.5 Å². The number of carbonyl (C=O) groups is 2. The molecule has 0 saturated heterocycles. The lowest BCUT2D eigenvalue weighted by atomic mass is 10.1. The van der Waals surface area contributed by atoms with Crippen LogP contribution in [0.3, 0.4) is 0 Å². The number of hydrogen-bond donors (Lipinski definition) is 3. The highest BCUT2D eigenvalue weighted by atomic mass is 32.2. The smallest absolute Gasteiger partial charge is 0.255 e. The van der Waals surface area contributed by atoms with E-state index >= 15 is 0 Å². The van der Waals surface area contributed by atoms with Crippen LogP contribution in [-0.2, 0) is 16.4 Å². The first-order valence-electron chi connectivity index (χ1n) is 8.51. The molecule has 8 heteroatoms. The highest BCUT2D eigenvalue weighted by molar-refractivity contribution is 7.88. The predicted molar refractivity (Wildman–Crippen MR) is 105 cm³/mol. The summed E-state index contributed by atoms with van der Waals surface area (Å²) in [5.74, 6) is -0.482. The molecule has 0 aromatic heterocycles. The van der Waals surface area contributed by atoms with Gasteiger partial charge in [-0.3, -0.25) is 9.59 Å². The number of rotatable bonds is 8. The summed E-state index contributed by atoms with van der Waals surface area (Å²) in [5.41, 5.74) is 2.40. The second kappa shape index (κ2) is 9.29. The van der Waals surface area contributed by atoms with E-state index in [0.29, 0.717) is 36.3 Å². The third-order valence-corrected chi connectivity index (χ3v) is 4.44. The fraction of sp³-hybridized carbons (Fsp3) is 0.263. The van der Waals surface area contributed by atoms with Gasteiger partial charge < -0.3 is 10.6 Å². The Morgan fingerprint density at radius 1 is 0.963 bits per heavy atom. The van der Waals surface area contributed by atoms with Crippen molar-refractivity contribution in [2.75, 3.05) is 24.7 Å². The molecule has 2 amide bonds. The highest BCUT2D eigenvalue weighted by Gasteiger charge is 2.09. The van der Waals surface area contributed by atoms with Crippen LogP contribution in [0.1, 0.15) is 33.2 Å². The molecular formula is C19H23N3O4S. The molecule has 0 spiro atoms. The number of carbonyl (C=O) groups excluding carboxylic acids is 2. The number of amides is 2. The Bertz CT molecular complexity index is 909. The van der Waals surface area contributed by atoms with Gasteiger partial charge in [-0.05, 0) is 49.2 Å². The molecule has 144 valence electrons. The number of anilines is 1. The lowest BCUT2D eigenvalue weighted by Crippen LogP contribution is -2.24. The second-order valence-electron chi connectivity index (χ2n) is 6.01. The van der Waals surface area contributed by atoms with E-state index in [1.165, 1.54) is 0 Å². The van der Waals surface area contributed by atoms with E-state index in [9.17, 15) is 18.0 Å². The number of sulfonamides is 1. The van der Waals surface area contributed by atoms with E-state index < -0.39 is 10.0 Å². The summed E-state index contributed by atoms with van der Waals surface area (Å²) in [6.45, 7) is 2.67. The van der Waals surface area contributed by atoms with Crippen molar-refractivity contribution in [3.8, 4) is 0 Å². The molecule has 0 fully saturated rings. The highest BCUT2D eigenvalue weighted by Crippen LogP contribution is 2.13. The van der Waals surface area contributed by atoms with Gasteiger partial charge in [-0.2, -0.15) is 0 Å². The van der Waals surface area contributed by atoms with Gasteiger partial charge in [-0.25, -0.2) is 13.1 Å². The third kappa shape index (κ3) is 6.84. The van der Waals surface area contributed by atoms with Gasteiger partial charge in [0, 0.05) is 29.9 Å². The van der Waals surface area contributed by atoms with E-state index in [1.807, 2.05) is 6.92 Å². The van der Waals surface area contributed by atoms with Crippen molar-refractivity contribution in [3.05, 3.63) is 65.2 Å². The molecule has 0 bridgehead atoms. The molecular weight excluding hydrogens is 366 g/mol. The van der Waals surface area contributed by atoms with Crippen LogP contribution >= 0.6 is 0 Å². The molecule has 2 aromatic rings. The molecule has 2 rings (SSSR count). The standard InChI is InChI=1S/C19H23N3O4S/c1-3-20-18(23)16-5-4-6-17(13-16)22-19(24)15-9-7-14(8-10-15)11-12-21-27(2,25)26/h4-10,13,21H,3,11-12H2,1-2H3,(H,20,23)(H,22,24). The Kier molecular flexibility index (Phi) is 7.09. The van der Waals surface area contributed by atoms with Crippen LogP contribution < -0.4 is 15.4 Å². The summed E-state index contributed by atoms with van der Waals surface area (Å²) in [6, 6.07) is 13.6. The van der Waals surface area contributed by atoms with E-state index in [4.69, 9.17) is 0 Å². The molecule has 0 radical (unpaired) electrons. The van der Waals surface area contributed by atoms with Crippen LogP contribution in [0.2, 0.25) is 0 Å². The SMILES string of the molecule is CCNC(=O)c1cccc(NC(=O)c2ccc(CCNS(C)(=O)=O)cc2)c1. The first-order valence-corrected chi connectivity index (χ1v) is 10.4. The molecule has 3 N–H and O–H groups in total. The van der Waals surface area contributed by atoms with Crippen LogP contribution in [0.15, 0.2) is 48.5 Å². The molecule has 7 nitrogen and oxygen atoms in total. The monoisotopic (exact) mass is 389 g/mol. The quantitative estimate of drug-likeness (QED) is 0.640. The van der Waals surface area contributed by atoms with Crippen molar-refractivity contribution in [1.29, 1.82) is 0 Å². The summed E-state index contributed by atoms with van der Waals surface area (Å²) in [5, 5.41) is 5.48. The zero-order chi connectivity index (χ0) is 19.9. The Morgan fingerprint density at radius 2 is 1.67 bits per heavy atom. The number of hydrogen-bond acceptors (Lipinski definition) is 4. The maximum atomic E-state index is 12.4. The summed E-state index contributed by atoms with van der Waals surface area (Å²) >= 11 is 0. The molecule has 2 aromatic carbocycles. The Hall–Kier alpha value is -2.71. The summed E-state index contributed by atoms with van der Waals surface area (Å²) in [6.07, 6.45) is 1.64. The minimum atomic E-state index is -3.21. The normalized spacial score (nSPS) is 11.0. The van der Waals surface area contributed by atoms with Gasteiger partial charge in [-0.1, -0.05) is 18.2 Å². The maximum Gasteiger partial charge on any atom is 0.255 e. The van der Waals surface area contributed by atoms with Gasteiger partial charge in [0.2, 0.25) is 10.0 Å². The Morgan fingerprint density at radius 3 is 2.30 bits per heavy atom. The number of nitrogens with one attached hydrogen (secondary N) is 3. The van der Waals surface area contributed by atoms with Crippen molar-refractivity contribution in [1.82, 2.24) is 10.0 Å². The van der Waals surface area contributed by atoms with Gasteiger partial charge in [0.15, 0.2) is 0 Å². The Labute approximate surface area is 159 Å². The zero-order valence-corrected chi connectivity index (χ0v) is 16.1. The van der Waals surface area contributed by atoms with Gasteiger partial charge in [0.25, 0.3) is 11.8 Å². The average molecular weight is 389 g/mol. The molecule has 0 unspecified atom stereocenters. The largest absolute Gasteiger partial charge is 0.352 e. The van der Waals surface area contributed by atoms with Crippen LogP contribution in [0.25, 0.3) is 0 Å². The third-order valence-electron chi connectivity index (χ3n) is 3.71. The fourth-order valence-corrected chi connectivity index (χ4v) is 2.88. The van der Waals surface area contributed by atoms with Crippen molar-refractivity contribution in [3.63, 3.8) is 0 Å². The fourth-order valence-electron chi connectivity index (χ4n) is 2.41. The zero-order valence-electron chi connectivity index (χ0n) is 15.3. The van der Waals surface area contributed by atoms with Crippen molar-refractivity contribution in [2.24, 2.45) is 0 Å². The maximum absolute atomic E-state index is 12.4. The van der Waals surface area contributed by atoms with Crippen LogP contribution in [-0.4, -0.2) is 39.6 Å². The van der Waals surface area contributed by atoms with Crippen LogP contribution in [0.4, 0.5) is 5.69 Å². The lowest BCUT2D eigenvalue weighted by Gasteiger charge is -2.08. The average Bonchev–Trinajstić information content (AvgIpc) is 2.61. The van der Waals surface area contributed by atoms with Gasteiger partial charge in [0.1, 0.15) is 0 Å². The molecule has 0 saturated carbocycles. The Balaban J connectivity index is 1.98. The lowest BCUT2D eigenvalue weighted by molar-refractivity contribution is 0.0954. The topological polar surface area (TPSA) is 104 Å². The minimum absolute atomic E-state index is 0.194. The minimum Gasteiger partial charge on any atom is -0.352 e. The molecule has 0 atom stereocenters. The summed E-state index contributed by atoms with van der Waals surface area (Å²) < 4.78 is 24.5. The summed E-state index contributed by atoms with van der Waals surface area (Å²) in [7, 11) is -3.21. The molecule has 27 heavy (non-hydrogen) atoms. The summed E-state index contributed by atoms with van der Waals surface area (Å²) in [4.78, 5) is 24.2. The molecule has 0 aliphatic rings. The van der Waals surface area contributed by atoms with Crippen molar-refractivity contribution in [2.45, 2.75) is 13.3 Å². The van der Waals surface area contributed by atoms with E-state index in [0.717, 1.165) is 11.8 Å². The van der Waals surface area contributed by atoms with Crippen molar-refractivity contribution >= 4 is 27.5 Å². The molecule has 0 aliphatic carbocycles. The van der Waals surface area contributed by atoms with E-state index in [2.05, 4.69) is 15.4 Å². The predicted octanol–water partition coefficient (Wildman–Crippen LogP) is 1.78. The van der Waals surface area contributed by atoms with Gasteiger partial charge >= 0.3 is 0 Å². The first-order chi connectivity index (χ1) is 12.8. The van der Waals surface area contributed by atoms with Gasteiger partial charge in [-0.15, -0.1) is 0 Å². The molecule has 0 aliphatic heterocycles.